The monoisotopic (exact) mass is 399 g/mol. The van der Waals surface area contributed by atoms with E-state index in [4.69, 9.17) is 5.73 Å². The first kappa shape index (κ1) is 19.8. The van der Waals surface area contributed by atoms with Crippen LogP contribution in [0, 0.1) is 6.92 Å². The highest BCUT2D eigenvalue weighted by atomic mass is 16.6. The quantitative estimate of drug-likeness (QED) is 0.386. The summed E-state index contributed by atoms with van der Waals surface area (Å²) < 4.78 is 5.65. The van der Waals surface area contributed by atoms with Gasteiger partial charge in [0.2, 0.25) is 11.6 Å². The summed E-state index contributed by atoms with van der Waals surface area (Å²) in [6.45, 7) is 7.33. The van der Waals surface area contributed by atoms with E-state index in [1.807, 2.05) is 19.9 Å². The zero-order chi connectivity index (χ0) is 21.0. The summed E-state index contributed by atoms with van der Waals surface area (Å²) in [7, 11) is 0. The van der Waals surface area contributed by atoms with Crippen LogP contribution in [-0.4, -0.2) is 55.6 Å². The molecule has 152 valence electrons. The second-order valence-electron chi connectivity index (χ2n) is 6.02. The first-order chi connectivity index (χ1) is 14.0. The second-order valence-corrected chi connectivity index (χ2v) is 6.02. The predicted octanol–water partition coefficient (Wildman–Crippen LogP) is 0.857. The largest absolute Gasteiger partial charge is 0.507 e. The van der Waals surface area contributed by atoms with Gasteiger partial charge < -0.3 is 15.7 Å². The van der Waals surface area contributed by atoms with Gasteiger partial charge in [0.15, 0.2) is 5.69 Å². The lowest BCUT2D eigenvalue weighted by Crippen LogP contribution is -2.23. The Hall–Kier alpha value is -3.96. The number of aryl methyl sites for hydroxylation is 1. The normalized spacial score (nSPS) is 11.1. The molecule has 0 spiro atoms. The average Bonchev–Trinajstić information content (AvgIpc) is 3.29. The Morgan fingerprint density at radius 3 is 2.76 bits per heavy atom. The lowest BCUT2D eigenvalue weighted by atomic mass is 10.2. The zero-order valence-corrected chi connectivity index (χ0v) is 16.2. The maximum atomic E-state index is 12.5. The van der Waals surface area contributed by atoms with E-state index in [2.05, 4.69) is 40.7 Å². The molecular weight excluding hydrogens is 378 g/mol. The van der Waals surface area contributed by atoms with Gasteiger partial charge in [-0.3, -0.25) is 4.79 Å². The second kappa shape index (κ2) is 8.37. The molecule has 2 aromatic heterocycles. The summed E-state index contributed by atoms with van der Waals surface area (Å²) in [5.41, 5.74) is 9.79. The number of carbonyl (C=O) groups excluding carboxylic acids is 1. The number of nitrogens with two attached hydrogens (primary N) is 1. The number of phenolic OH excluding ortho intramolecular Hbond substituents is 1. The van der Waals surface area contributed by atoms with E-state index in [1.165, 1.54) is 6.21 Å². The van der Waals surface area contributed by atoms with Crippen molar-refractivity contribution >= 4 is 23.6 Å². The molecule has 0 aliphatic heterocycles. The molecule has 0 unspecified atom stereocenters. The SMILES string of the molecule is CCN(CC)c1ccc(/C=N/NC(=O)c2c(C)nnn2-c2nonc2N)c(O)c1. The fourth-order valence-electron chi connectivity index (χ4n) is 2.74. The number of benzene rings is 1. The highest BCUT2D eigenvalue weighted by Crippen LogP contribution is 2.23. The van der Waals surface area contributed by atoms with Crippen LogP contribution in [0.3, 0.4) is 0 Å². The maximum Gasteiger partial charge on any atom is 0.292 e. The molecule has 3 rings (SSSR count). The fourth-order valence-corrected chi connectivity index (χ4v) is 2.74. The van der Waals surface area contributed by atoms with Crippen molar-refractivity contribution in [2.75, 3.05) is 23.7 Å². The topological polar surface area (TPSA) is 161 Å². The van der Waals surface area contributed by atoms with Gasteiger partial charge in [0, 0.05) is 30.4 Å². The van der Waals surface area contributed by atoms with Gasteiger partial charge in [0.1, 0.15) is 5.75 Å². The van der Waals surface area contributed by atoms with Gasteiger partial charge in [-0.25, -0.2) is 10.1 Å². The van der Waals surface area contributed by atoms with Crippen LogP contribution < -0.4 is 16.1 Å². The van der Waals surface area contributed by atoms with Crippen molar-refractivity contribution in [3.8, 4) is 11.6 Å². The lowest BCUT2D eigenvalue weighted by molar-refractivity contribution is 0.0946. The van der Waals surface area contributed by atoms with E-state index in [-0.39, 0.29) is 23.1 Å². The molecule has 0 saturated heterocycles. The molecule has 0 atom stereocenters. The van der Waals surface area contributed by atoms with E-state index in [9.17, 15) is 9.90 Å². The highest BCUT2D eigenvalue weighted by molar-refractivity contribution is 5.95. The van der Waals surface area contributed by atoms with Crippen LogP contribution in [0.1, 0.15) is 35.6 Å². The Morgan fingerprint density at radius 2 is 2.14 bits per heavy atom. The van der Waals surface area contributed by atoms with Crippen molar-refractivity contribution in [2.45, 2.75) is 20.8 Å². The average molecular weight is 399 g/mol. The van der Waals surface area contributed by atoms with E-state index < -0.39 is 5.91 Å². The van der Waals surface area contributed by atoms with E-state index in [0.29, 0.717) is 11.3 Å². The summed E-state index contributed by atoms with van der Waals surface area (Å²) in [5.74, 6) is -0.530. The van der Waals surface area contributed by atoms with Crippen molar-refractivity contribution < 1.29 is 14.5 Å². The molecule has 0 radical (unpaired) electrons. The van der Waals surface area contributed by atoms with Crippen molar-refractivity contribution in [3.63, 3.8) is 0 Å². The van der Waals surface area contributed by atoms with E-state index in [0.717, 1.165) is 23.5 Å². The van der Waals surface area contributed by atoms with E-state index in [1.54, 1.807) is 19.1 Å². The Kier molecular flexibility index (Phi) is 5.71. The Bertz CT molecular complexity index is 1040. The zero-order valence-electron chi connectivity index (χ0n) is 16.2. The molecule has 0 aliphatic carbocycles. The van der Waals surface area contributed by atoms with Crippen molar-refractivity contribution in [2.24, 2.45) is 5.10 Å². The molecule has 0 fully saturated rings. The van der Waals surface area contributed by atoms with Crippen LogP contribution in [0.4, 0.5) is 11.5 Å². The summed E-state index contributed by atoms with van der Waals surface area (Å²) >= 11 is 0. The number of nitrogen functional groups attached to an aromatic ring is 1. The van der Waals surface area contributed by atoms with Gasteiger partial charge in [-0.2, -0.15) is 9.78 Å². The molecule has 0 saturated carbocycles. The Morgan fingerprint density at radius 1 is 1.38 bits per heavy atom. The molecule has 0 bridgehead atoms. The first-order valence-corrected chi connectivity index (χ1v) is 8.88. The van der Waals surface area contributed by atoms with Crippen LogP contribution in [0.25, 0.3) is 5.82 Å². The molecular formula is C17H21N9O3. The number of carbonyl (C=O) groups is 1. The van der Waals surface area contributed by atoms with Crippen molar-refractivity contribution in [3.05, 3.63) is 35.2 Å². The van der Waals surface area contributed by atoms with Crippen molar-refractivity contribution in [1.29, 1.82) is 0 Å². The maximum absolute atomic E-state index is 12.5. The minimum atomic E-state index is -0.592. The van der Waals surface area contributed by atoms with Crippen LogP contribution in [0.15, 0.2) is 27.9 Å². The van der Waals surface area contributed by atoms with Crippen LogP contribution >= 0.6 is 0 Å². The van der Waals surface area contributed by atoms with Gasteiger partial charge in [-0.05, 0) is 43.2 Å². The number of nitrogens with zero attached hydrogens (tertiary/aromatic N) is 7. The third kappa shape index (κ3) is 4.00. The smallest absolute Gasteiger partial charge is 0.292 e. The minimum Gasteiger partial charge on any atom is -0.507 e. The number of hydrogen-bond donors (Lipinski definition) is 3. The lowest BCUT2D eigenvalue weighted by Gasteiger charge is -2.21. The Labute approximate surface area is 166 Å². The third-order valence-corrected chi connectivity index (χ3v) is 4.26. The van der Waals surface area contributed by atoms with Crippen LogP contribution in [-0.2, 0) is 0 Å². The molecule has 0 aliphatic rings. The molecule has 3 aromatic rings. The predicted molar refractivity (Wildman–Crippen MR) is 105 cm³/mol. The molecule has 29 heavy (non-hydrogen) atoms. The molecule has 2 heterocycles. The van der Waals surface area contributed by atoms with Crippen LogP contribution in [0.5, 0.6) is 5.75 Å². The minimum absolute atomic E-state index is 0.0364. The summed E-state index contributed by atoms with van der Waals surface area (Å²) in [4.78, 5) is 14.6. The van der Waals surface area contributed by atoms with Gasteiger partial charge in [0.25, 0.3) is 5.91 Å². The first-order valence-electron chi connectivity index (χ1n) is 8.88. The number of nitrogens with one attached hydrogen (secondary N) is 1. The molecule has 4 N–H and O–H groups in total. The number of rotatable bonds is 7. The molecule has 1 aromatic carbocycles. The van der Waals surface area contributed by atoms with Gasteiger partial charge >= 0.3 is 0 Å². The molecule has 1 amide bonds. The third-order valence-electron chi connectivity index (χ3n) is 4.26. The number of anilines is 2. The highest BCUT2D eigenvalue weighted by Gasteiger charge is 2.22. The van der Waals surface area contributed by atoms with E-state index >= 15 is 0 Å². The number of aromatic nitrogens is 5. The van der Waals surface area contributed by atoms with Crippen LogP contribution in [0.2, 0.25) is 0 Å². The number of aromatic hydroxyl groups is 1. The van der Waals surface area contributed by atoms with Gasteiger partial charge in [-0.15, -0.1) is 5.10 Å². The van der Waals surface area contributed by atoms with Gasteiger partial charge in [0.05, 0.1) is 11.9 Å². The number of hydrazone groups is 1. The summed E-state index contributed by atoms with van der Waals surface area (Å²) in [6, 6.07) is 5.25. The molecule has 12 nitrogen and oxygen atoms in total. The standard InChI is InChI=1S/C17H21N9O3/c1-4-25(5-2)12-7-6-11(13(27)8-12)9-19-21-17(28)14-10(3)20-24-26(14)16-15(18)22-29-23-16/h6-9,27H,4-5H2,1-3H3,(H2,18,22)(H,21,28)/b19-9+. The summed E-state index contributed by atoms with van der Waals surface area (Å²) in [6.07, 6.45) is 1.34. The summed E-state index contributed by atoms with van der Waals surface area (Å²) in [5, 5.41) is 28.9. The molecule has 12 heteroatoms. The fraction of sp³-hybridized carbons (Fsp3) is 0.294. The number of hydrogen-bond acceptors (Lipinski definition) is 10. The Balaban J connectivity index is 1.76. The van der Waals surface area contributed by atoms with Gasteiger partial charge in [-0.1, -0.05) is 5.21 Å². The number of phenols is 1. The van der Waals surface area contributed by atoms with Crippen molar-refractivity contribution in [1.82, 2.24) is 30.7 Å². The number of amides is 1.